The fourth-order valence-corrected chi connectivity index (χ4v) is 2.16. The van der Waals surface area contributed by atoms with Crippen molar-refractivity contribution in [2.24, 2.45) is 5.92 Å². The van der Waals surface area contributed by atoms with Crippen molar-refractivity contribution < 1.29 is 13.6 Å². The quantitative estimate of drug-likeness (QED) is 0.647. The second kappa shape index (κ2) is 3.58. The molecule has 84 valence electrons. The lowest BCUT2D eigenvalue weighted by atomic mass is 10.0. The summed E-state index contributed by atoms with van der Waals surface area (Å²) >= 11 is 0. The maximum absolute atomic E-state index is 12.8. The number of likely N-dealkylation sites (tertiary alicyclic amines) is 1. The molecular formula is C11H15F2NO. The van der Waals surface area contributed by atoms with E-state index in [4.69, 9.17) is 0 Å². The number of piperidine rings is 1. The zero-order chi connectivity index (χ0) is 11.1. The number of nitrogens with zero attached hydrogens (tertiary/aromatic N) is 1. The van der Waals surface area contributed by atoms with E-state index in [-0.39, 0.29) is 18.4 Å². The van der Waals surface area contributed by atoms with E-state index in [2.05, 4.69) is 6.58 Å². The lowest BCUT2D eigenvalue weighted by Gasteiger charge is -2.34. The molecule has 0 aromatic heterocycles. The minimum absolute atomic E-state index is 0.0392. The van der Waals surface area contributed by atoms with Crippen molar-refractivity contribution in [3.8, 4) is 0 Å². The summed E-state index contributed by atoms with van der Waals surface area (Å²) in [7, 11) is 0. The molecule has 2 rings (SSSR count). The van der Waals surface area contributed by atoms with Gasteiger partial charge in [-0.25, -0.2) is 8.78 Å². The van der Waals surface area contributed by atoms with Crippen LogP contribution in [-0.4, -0.2) is 29.3 Å². The van der Waals surface area contributed by atoms with Crippen LogP contribution in [0.1, 0.15) is 25.7 Å². The smallest absolute Gasteiger partial charge is 0.260 e. The summed E-state index contributed by atoms with van der Waals surface area (Å²) in [6, 6.07) is -0.0392. The normalized spacial score (nSPS) is 33.6. The minimum Gasteiger partial charge on any atom is -0.336 e. The van der Waals surface area contributed by atoms with Crippen molar-refractivity contribution in [3.63, 3.8) is 0 Å². The van der Waals surface area contributed by atoms with Gasteiger partial charge in [0, 0.05) is 19.0 Å². The van der Waals surface area contributed by atoms with Crippen LogP contribution in [-0.2, 0) is 4.79 Å². The predicted octanol–water partition coefficient (Wildman–Crippen LogP) is 2.21. The number of hydrogen-bond acceptors (Lipinski definition) is 1. The number of hydrogen-bond donors (Lipinski definition) is 0. The van der Waals surface area contributed by atoms with Crippen LogP contribution in [0.2, 0.25) is 0 Å². The second-order valence-corrected chi connectivity index (χ2v) is 4.35. The Kier molecular flexibility index (Phi) is 2.52. The van der Waals surface area contributed by atoms with E-state index >= 15 is 0 Å². The van der Waals surface area contributed by atoms with Crippen molar-refractivity contribution in [2.45, 2.75) is 37.6 Å². The Morgan fingerprint density at radius 3 is 2.67 bits per heavy atom. The van der Waals surface area contributed by atoms with Crippen LogP contribution in [0.15, 0.2) is 12.7 Å². The number of halogens is 2. The Bertz CT molecular complexity index is 290. The number of alkyl halides is 2. The molecule has 15 heavy (non-hydrogen) atoms. The van der Waals surface area contributed by atoms with Crippen molar-refractivity contribution >= 4 is 5.91 Å². The van der Waals surface area contributed by atoms with Gasteiger partial charge in [0.05, 0.1) is 0 Å². The van der Waals surface area contributed by atoms with E-state index in [9.17, 15) is 13.6 Å². The van der Waals surface area contributed by atoms with Crippen LogP contribution in [0.3, 0.4) is 0 Å². The van der Waals surface area contributed by atoms with Gasteiger partial charge in [-0.05, 0) is 19.3 Å². The van der Waals surface area contributed by atoms with E-state index in [0.717, 1.165) is 19.3 Å². The first-order chi connectivity index (χ1) is 7.06. The van der Waals surface area contributed by atoms with Crippen molar-refractivity contribution in [1.82, 2.24) is 4.90 Å². The van der Waals surface area contributed by atoms with Crippen molar-refractivity contribution in [1.29, 1.82) is 0 Å². The number of rotatable bonds is 2. The largest absolute Gasteiger partial charge is 0.336 e. The Morgan fingerprint density at radius 2 is 2.13 bits per heavy atom. The minimum atomic E-state index is -2.75. The topological polar surface area (TPSA) is 20.3 Å². The molecule has 1 aliphatic heterocycles. The molecule has 0 unspecified atom stereocenters. The Labute approximate surface area is 87.9 Å². The maximum atomic E-state index is 12.8. The van der Waals surface area contributed by atoms with Gasteiger partial charge in [0.15, 0.2) is 0 Å². The van der Waals surface area contributed by atoms with Gasteiger partial charge in [0.2, 0.25) is 5.91 Å². The first kappa shape index (κ1) is 10.6. The zero-order valence-corrected chi connectivity index (χ0v) is 8.59. The van der Waals surface area contributed by atoms with Gasteiger partial charge in [0.1, 0.15) is 5.92 Å². The molecule has 0 radical (unpaired) electrons. The summed E-state index contributed by atoms with van der Waals surface area (Å²) in [5.74, 6) is -4.19. The molecule has 2 nitrogen and oxygen atoms in total. The Hall–Kier alpha value is -0.930. The molecule has 2 fully saturated rings. The lowest BCUT2D eigenvalue weighted by molar-refractivity contribution is -0.137. The number of carbonyl (C=O) groups excluding carboxylic acids is 1. The molecule has 0 N–H and O–H groups in total. The summed E-state index contributed by atoms with van der Waals surface area (Å²) in [5.41, 5.74) is 0. The molecule has 0 bridgehead atoms. The summed E-state index contributed by atoms with van der Waals surface area (Å²) in [6.45, 7) is 4.25. The molecule has 2 atom stereocenters. The molecule has 1 heterocycles. The van der Waals surface area contributed by atoms with E-state index in [1.54, 1.807) is 11.0 Å². The van der Waals surface area contributed by atoms with Gasteiger partial charge in [-0.15, -0.1) is 6.58 Å². The average Bonchev–Trinajstić information content (AvgIpc) is 2.86. The van der Waals surface area contributed by atoms with Crippen molar-refractivity contribution in [2.75, 3.05) is 6.54 Å². The first-order valence-corrected chi connectivity index (χ1v) is 5.37. The predicted molar refractivity (Wildman–Crippen MR) is 52.6 cm³/mol. The fraction of sp³-hybridized carbons (Fsp3) is 0.727. The maximum Gasteiger partial charge on any atom is 0.260 e. The summed E-state index contributed by atoms with van der Waals surface area (Å²) in [5, 5.41) is 0. The number of carbonyl (C=O) groups is 1. The van der Waals surface area contributed by atoms with E-state index in [0.29, 0.717) is 6.54 Å². The highest BCUT2D eigenvalue weighted by Crippen LogP contribution is 2.50. The number of amides is 1. The molecule has 1 saturated carbocycles. The molecule has 0 spiro atoms. The van der Waals surface area contributed by atoms with Crippen LogP contribution >= 0.6 is 0 Å². The molecule has 1 saturated heterocycles. The zero-order valence-electron chi connectivity index (χ0n) is 8.59. The van der Waals surface area contributed by atoms with Crippen LogP contribution in [0.25, 0.3) is 0 Å². The molecule has 1 aliphatic carbocycles. The van der Waals surface area contributed by atoms with E-state index < -0.39 is 11.8 Å². The van der Waals surface area contributed by atoms with Gasteiger partial charge in [0.25, 0.3) is 5.92 Å². The molecule has 0 aromatic rings. The summed E-state index contributed by atoms with van der Waals surface area (Å²) < 4.78 is 25.5. The molecule has 4 heteroatoms. The highest BCUT2D eigenvalue weighted by atomic mass is 19.3. The van der Waals surface area contributed by atoms with Gasteiger partial charge >= 0.3 is 0 Å². The Morgan fingerprint density at radius 1 is 1.47 bits per heavy atom. The van der Waals surface area contributed by atoms with Crippen LogP contribution in [0, 0.1) is 5.92 Å². The first-order valence-electron chi connectivity index (χ1n) is 5.37. The third-order valence-corrected chi connectivity index (χ3v) is 3.23. The SMILES string of the molecule is C=C[C@H]1CCCCN1C(=O)[C@H]1CC1(F)F. The van der Waals surface area contributed by atoms with Crippen LogP contribution in [0.5, 0.6) is 0 Å². The van der Waals surface area contributed by atoms with Gasteiger partial charge in [-0.3, -0.25) is 4.79 Å². The van der Waals surface area contributed by atoms with Crippen LogP contribution < -0.4 is 0 Å². The second-order valence-electron chi connectivity index (χ2n) is 4.35. The van der Waals surface area contributed by atoms with Crippen LogP contribution in [0.4, 0.5) is 8.78 Å². The summed E-state index contributed by atoms with van der Waals surface area (Å²) in [6.07, 6.45) is 4.23. The van der Waals surface area contributed by atoms with Gasteiger partial charge in [-0.1, -0.05) is 6.08 Å². The molecule has 0 aromatic carbocycles. The van der Waals surface area contributed by atoms with Crippen molar-refractivity contribution in [3.05, 3.63) is 12.7 Å². The highest BCUT2D eigenvalue weighted by Gasteiger charge is 2.62. The molecule has 2 aliphatic rings. The van der Waals surface area contributed by atoms with Gasteiger partial charge in [-0.2, -0.15) is 0 Å². The third kappa shape index (κ3) is 1.90. The standard InChI is InChI=1S/C11H15F2NO/c1-2-8-5-3-4-6-14(8)10(15)9-7-11(9,12)13/h2,8-9H,1,3-7H2/t8-,9+/m0/s1. The third-order valence-electron chi connectivity index (χ3n) is 3.23. The average molecular weight is 215 g/mol. The lowest BCUT2D eigenvalue weighted by Crippen LogP contribution is -2.44. The fourth-order valence-electron chi connectivity index (χ4n) is 2.16. The monoisotopic (exact) mass is 215 g/mol. The summed E-state index contributed by atoms with van der Waals surface area (Å²) in [4.78, 5) is 13.3. The van der Waals surface area contributed by atoms with Gasteiger partial charge < -0.3 is 4.90 Å². The molecular weight excluding hydrogens is 200 g/mol. The molecule has 1 amide bonds. The van der Waals surface area contributed by atoms with E-state index in [1.807, 2.05) is 0 Å². The van der Waals surface area contributed by atoms with E-state index in [1.165, 1.54) is 0 Å². The Balaban J connectivity index is 2.02. The highest BCUT2D eigenvalue weighted by molar-refractivity contribution is 5.83.